The number of para-hydroxylation sites is 1. The Morgan fingerprint density at radius 3 is 2.70 bits per heavy atom. The molecule has 0 saturated carbocycles. The Labute approximate surface area is 192 Å². The van der Waals surface area contributed by atoms with Crippen LogP contribution in [0.5, 0.6) is 0 Å². The molecule has 0 aliphatic carbocycles. The van der Waals surface area contributed by atoms with Gasteiger partial charge in [-0.25, -0.2) is 9.48 Å². The Balaban J connectivity index is 1.43. The van der Waals surface area contributed by atoms with E-state index in [-0.39, 0.29) is 18.5 Å². The van der Waals surface area contributed by atoms with Gasteiger partial charge in [0, 0.05) is 19.6 Å². The lowest BCUT2D eigenvalue weighted by atomic mass is 10.1. The summed E-state index contributed by atoms with van der Waals surface area (Å²) in [4.78, 5) is 34.1. The van der Waals surface area contributed by atoms with Crippen molar-refractivity contribution in [2.75, 3.05) is 31.1 Å². The zero-order valence-corrected chi connectivity index (χ0v) is 18.6. The number of aliphatic imine (C=N–C) groups is 1. The quantitative estimate of drug-likeness (QED) is 0.637. The first-order chi connectivity index (χ1) is 16.1. The van der Waals surface area contributed by atoms with E-state index in [1.807, 2.05) is 61.5 Å². The predicted molar refractivity (Wildman–Crippen MR) is 127 cm³/mol. The van der Waals surface area contributed by atoms with Crippen LogP contribution in [0.15, 0.2) is 65.8 Å². The van der Waals surface area contributed by atoms with Crippen LogP contribution >= 0.6 is 0 Å². The van der Waals surface area contributed by atoms with Crippen LogP contribution in [0.3, 0.4) is 0 Å². The van der Waals surface area contributed by atoms with Crippen LogP contribution in [-0.2, 0) is 11.2 Å². The molecule has 2 aliphatic rings. The molecule has 168 valence electrons. The van der Waals surface area contributed by atoms with E-state index < -0.39 is 0 Å². The number of benzene rings is 2. The Kier molecular flexibility index (Phi) is 5.64. The minimum absolute atomic E-state index is 0.0814. The summed E-state index contributed by atoms with van der Waals surface area (Å²) in [6.07, 6.45) is 3.27. The van der Waals surface area contributed by atoms with Gasteiger partial charge in [0.2, 0.25) is 5.91 Å². The fraction of sp³-hybridized carbons (Fsp3) is 0.280. The van der Waals surface area contributed by atoms with E-state index in [2.05, 4.69) is 15.4 Å². The van der Waals surface area contributed by atoms with E-state index >= 15 is 0 Å². The molecule has 33 heavy (non-hydrogen) atoms. The number of nitrogens with zero attached hydrogens (tertiary/aromatic N) is 5. The Bertz CT molecular complexity index is 1220. The molecule has 0 saturated heterocycles. The molecule has 0 atom stereocenters. The van der Waals surface area contributed by atoms with Gasteiger partial charge in [-0.1, -0.05) is 48.5 Å². The molecule has 3 amide bonds. The van der Waals surface area contributed by atoms with Crippen molar-refractivity contribution >= 4 is 23.6 Å². The van der Waals surface area contributed by atoms with Gasteiger partial charge >= 0.3 is 6.03 Å². The second-order valence-corrected chi connectivity index (χ2v) is 8.24. The van der Waals surface area contributed by atoms with E-state index in [1.165, 1.54) is 4.90 Å². The third kappa shape index (κ3) is 4.00. The molecule has 0 spiro atoms. The van der Waals surface area contributed by atoms with Crippen molar-refractivity contribution in [3.63, 3.8) is 0 Å². The molecule has 8 heteroatoms. The summed E-state index contributed by atoms with van der Waals surface area (Å²) >= 11 is 0. The number of nitrogens with one attached hydrogen (secondary N) is 1. The van der Waals surface area contributed by atoms with Gasteiger partial charge in [0.05, 0.1) is 17.4 Å². The van der Waals surface area contributed by atoms with E-state index in [0.29, 0.717) is 31.3 Å². The molecular formula is C25H26N6O2. The number of hydrogen-bond donors (Lipinski definition) is 1. The van der Waals surface area contributed by atoms with Crippen LogP contribution in [-0.4, -0.2) is 58.6 Å². The van der Waals surface area contributed by atoms with Crippen LogP contribution in [0.4, 0.5) is 10.6 Å². The largest absolute Gasteiger partial charge is 0.354 e. The number of anilines is 1. The minimum atomic E-state index is -0.241. The number of urea groups is 1. The second-order valence-electron chi connectivity index (χ2n) is 8.24. The standard InChI is InChI=1S/C25H26N6O2/c1-18-8-5-6-11-21(18)31-24-20(16-28-31)23-27-13-7-15-29(23)25(33)30(24)17-22(32)26-14-12-19-9-3-2-4-10-19/h2-6,8-11,16H,7,12-15,17H2,1H3,(H,26,32). The van der Waals surface area contributed by atoms with Crippen molar-refractivity contribution in [3.05, 3.63) is 77.5 Å². The summed E-state index contributed by atoms with van der Waals surface area (Å²) < 4.78 is 1.74. The molecule has 5 rings (SSSR count). The van der Waals surface area contributed by atoms with Crippen molar-refractivity contribution < 1.29 is 9.59 Å². The van der Waals surface area contributed by atoms with Gasteiger partial charge in [-0.2, -0.15) is 5.10 Å². The lowest BCUT2D eigenvalue weighted by Gasteiger charge is -2.37. The highest BCUT2D eigenvalue weighted by Crippen LogP contribution is 2.33. The van der Waals surface area contributed by atoms with Gasteiger partial charge in [-0.15, -0.1) is 0 Å². The summed E-state index contributed by atoms with van der Waals surface area (Å²) in [7, 11) is 0. The Morgan fingerprint density at radius 1 is 1.09 bits per heavy atom. The number of fused-ring (bicyclic) bond motifs is 3. The first kappa shape index (κ1) is 20.9. The van der Waals surface area contributed by atoms with Gasteiger partial charge in [0.1, 0.15) is 12.4 Å². The van der Waals surface area contributed by atoms with Crippen LogP contribution < -0.4 is 10.2 Å². The molecule has 0 bridgehead atoms. The van der Waals surface area contributed by atoms with Crippen LogP contribution in [0.25, 0.3) is 5.69 Å². The summed E-state index contributed by atoms with van der Waals surface area (Å²) in [5, 5.41) is 7.55. The smallest absolute Gasteiger partial charge is 0.331 e. The van der Waals surface area contributed by atoms with Crippen LogP contribution in [0.1, 0.15) is 23.1 Å². The maximum absolute atomic E-state index is 13.5. The summed E-state index contributed by atoms with van der Waals surface area (Å²) in [6.45, 7) is 3.68. The lowest BCUT2D eigenvalue weighted by molar-refractivity contribution is -0.119. The fourth-order valence-corrected chi connectivity index (χ4v) is 4.33. The van der Waals surface area contributed by atoms with Gasteiger partial charge in [-0.3, -0.25) is 19.6 Å². The lowest BCUT2D eigenvalue weighted by Crippen LogP contribution is -2.55. The van der Waals surface area contributed by atoms with Crippen molar-refractivity contribution in [2.24, 2.45) is 4.99 Å². The molecule has 1 N–H and O–H groups in total. The number of amides is 3. The third-order valence-corrected chi connectivity index (χ3v) is 5.98. The number of carbonyl (C=O) groups excluding carboxylic acids is 2. The van der Waals surface area contributed by atoms with Crippen LogP contribution in [0.2, 0.25) is 0 Å². The fourth-order valence-electron chi connectivity index (χ4n) is 4.33. The summed E-state index contributed by atoms with van der Waals surface area (Å²) in [5.41, 5.74) is 3.82. The Hall–Kier alpha value is -3.94. The third-order valence-electron chi connectivity index (χ3n) is 5.98. The average Bonchev–Trinajstić information content (AvgIpc) is 3.28. The number of carbonyl (C=O) groups is 2. The summed E-state index contributed by atoms with van der Waals surface area (Å²) in [6, 6.07) is 17.6. The maximum atomic E-state index is 13.5. The first-order valence-electron chi connectivity index (χ1n) is 11.2. The molecule has 3 heterocycles. The molecule has 8 nitrogen and oxygen atoms in total. The molecule has 2 aliphatic heterocycles. The van der Waals surface area contributed by atoms with Crippen LogP contribution in [0, 0.1) is 6.92 Å². The molecule has 0 unspecified atom stereocenters. The first-order valence-corrected chi connectivity index (χ1v) is 11.2. The minimum Gasteiger partial charge on any atom is -0.354 e. The molecule has 1 aromatic heterocycles. The van der Waals surface area contributed by atoms with Crippen molar-refractivity contribution in [1.82, 2.24) is 20.0 Å². The van der Waals surface area contributed by atoms with Gasteiger partial charge in [-0.05, 0) is 37.0 Å². The highest BCUT2D eigenvalue weighted by atomic mass is 16.2. The SMILES string of the molecule is Cc1ccccc1-n1ncc2c1N(CC(=O)NCCc1ccccc1)C(=O)N1CCCN=C21. The van der Waals surface area contributed by atoms with E-state index in [0.717, 1.165) is 35.2 Å². The second kappa shape index (κ2) is 8.90. The normalized spacial score (nSPS) is 15.1. The topological polar surface area (TPSA) is 82.8 Å². The van der Waals surface area contributed by atoms with E-state index in [9.17, 15) is 9.59 Å². The molecule has 0 radical (unpaired) electrons. The number of aryl methyl sites for hydroxylation is 1. The van der Waals surface area contributed by atoms with Crippen molar-refractivity contribution in [2.45, 2.75) is 19.8 Å². The van der Waals surface area contributed by atoms with E-state index in [1.54, 1.807) is 15.8 Å². The average molecular weight is 443 g/mol. The zero-order valence-electron chi connectivity index (χ0n) is 18.6. The zero-order chi connectivity index (χ0) is 22.8. The number of rotatable bonds is 6. The molecule has 3 aromatic rings. The highest BCUT2D eigenvalue weighted by Gasteiger charge is 2.40. The maximum Gasteiger partial charge on any atom is 0.331 e. The number of hydrogen-bond acceptors (Lipinski definition) is 4. The van der Waals surface area contributed by atoms with Crippen molar-refractivity contribution in [3.8, 4) is 5.69 Å². The summed E-state index contributed by atoms with van der Waals surface area (Å²) in [5.74, 6) is 1.02. The molecular weight excluding hydrogens is 416 g/mol. The molecule has 2 aromatic carbocycles. The predicted octanol–water partition coefficient (Wildman–Crippen LogP) is 2.93. The molecule has 0 fully saturated rings. The number of amidine groups is 1. The highest BCUT2D eigenvalue weighted by molar-refractivity contribution is 6.19. The van der Waals surface area contributed by atoms with E-state index in [4.69, 9.17) is 0 Å². The van der Waals surface area contributed by atoms with Gasteiger partial charge in [0.25, 0.3) is 0 Å². The van der Waals surface area contributed by atoms with Gasteiger partial charge < -0.3 is 5.32 Å². The van der Waals surface area contributed by atoms with Crippen molar-refractivity contribution in [1.29, 1.82) is 0 Å². The monoisotopic (exact) mass is 442 g/mol. The van der Waals surface area contributed by atoms with Gasteiger partial charge in [0.15, 0.2) is 5.82 Å². The Morgan fingerprint density at radius 2 is 1.88 bits per heavy atom. The number of aromatic nitrogens is 2.